The molecule has 2 heterocycles. The Balaban J connectivity index is 1.75. The smallest absolute Gasteiger partial charge is 0.0410 e. The second-order valence-electron chi connectivity index (χ2n) is 4.42. The number of likely N-dealkylation sites (tertiary alicyclic amines) is 1. The Bertz CT molecular complexity index is 343. The average Bonchev–Trinajstić information content (AvgIpc) is 2.65. The first-order chi connectivity index (χ1) is 7.75. The molecule has 1 saturated heterocycles. The second kappa shape index (κ2) is 5.75. The Morgan fingerprint density at radius 2 is 2.44 bits per heavy atom. The Morgan fingerprint density at radius 1 is 1.56 bits per heavy atom. The van der Waals surface area contributed by atoms with Crippen LogP contribution in [0.15, 0.2) is 22.9 Å². The molecule has 88 valence electrons. The molecule has 1 aromatic heterocycles. The highest BCUT2D eigenvalue weighted by atomic mass is 79.9. The number of halogens is 1. The van der Waals surface area contributed by atoms with Crippen molar-refractivity contribution in [2.24, 2.45) is 0 Å². The normalized spacial score (nSPS) is 21.5. The van der Waals surface area contributed by atoms with Gasteiger partial charge in [0, 0.05) is 36.0 Å². The van der Waals surface area contributed by atoms with Gasteiger partial charge in [-0.15, -0.1) is 0 Å². The van der Waals surface area contributed by atoms with E-state index in [0.29, 0.717) is 6.04 Å². The molecule has 0 amide bonds. The van der Waals surface area contributed by atoms with E-state index >= 15 is 0 Å². The molecule has 1 atom stereocenters. The maximum Gasteiger partial charge on any atom is 0.0410 e. The summed E-state index contributed by atoms with van der Waals surface area (Å²) in [4.78, 5) is 6.59. The molecule has 1 unspecified atom stereocenters. The lowest BCUT2D eigenvalue weighted by molar-refractivity contribution is 0.300. The van der Waals surface area contributed by atoms with Gasteiger partial charge in [0.1, 0.15) is 0 Å². The van der Waals surface area contributed by atoms with Gasteiger partial charge < -0.3 is 10.2 Å². The lowest BCUT2D eigenvalue weighted by Crippen LogP contribution is -2.35. The van der Waals surface area contributed by atoms with Crippen molar-refractivity contribution >= 4 is 15.9 Å². The van der Waals surface area contributed by atoms with E-state index in [0.717, 1.165) is 17.6 Å². The van der Waals surface area contributed by atoms with Crippen LogP contribution < -0.4 is 5.32 Å². The monoisotopic (exact) mass is 283 g/mol. The first-order valence-corrected chi connectivity index (χ1v) is 6.55. The molecule has 1 aliphatic rings. The zero-order valence-electron chi connectivity index (χ0n) is 9.62. The van der Waals surface area contributed by atoms with Crippen molar-refractivity contribution in [3.63, 3.8) is 0 Å². The molecule has 0 aromatic carbocycles. The maximum absolute atomic E-state index is 4.15. The number of pyridine rings is 1. The molecule has 0 aliphatic carbocycles. The molecule has 1 aliphatic heterocycles. The predicted octanol–water partition coefficient (Wildman–Crippen LogP) is 2.03. The van der Waals surface area contributed by atoms with Crippen LogP contribution in [0.1, 0.15) is 18.4 Å². The first-order valence-electron chi connectivity index (χ1n) is 5.76. The largest absolute Gasteiger partial charge is 0.311 e. The van der Waals surface area contributed by atoms with Crippen molar-refractivity contribution in [1.29, 1.82) is 0 Å². The van der Waals surface area contributed by atoms with Gasteiger partial charge in [-0.05, 0) is 54.0 Å². The standard InChI is InChI=1S/C12H18BrN3/c1-16-4-2-3-12(16)9-15-7-10-5-11(13)8-14-6-10/h5-6,8,12,15H,2-4,7,9H2,1H3. The number of nitrogens with zero attached hydrogens (tertiary/aromatic N) is 2. The van der Waals surface area contributed by atoms with Gasteiger partial charge in [-0.1, -0.05) is 0 Å². The molecule has 2 rings (SSSR count). The number of likely N-dealkylation sites (N-methyl/N-ethyl adjacent to an activating group) is 1. The molecule has 1 fully saturated rings. The van der Waals surface area contributed by atoms with Crippen molar-refractivity contribution in [2.75, 3.05) is 20.1 Å². The molecular weight excluding hydrogens is 266 g/mol. The fourth-order valence-electron chi connectivity index (χ4n) is 2.17. The Labute approximate surface area is 105 Å². The van der Waals surface area contributed by atoms with Crippen molar-refractivity contribution in [3.8, 4) is 0 Å². The molecule has 0 radical (unpaired) electrons. The SMILES string of the molecule is CN1CCCC1CNCc1cncc(Br)c1. The van der Waals surface area contributed by atoms with Crippen molar-refractivity contribution in [3.05, 3.63) is 28.5 Å². The summed E-state index contributed by atoms with van der Waals surface area (Å²) in [7, 11) is 2.21. The maximum atomic E-state index is 4.15. The van der Waals surface area contributed by atoms with Crippen LogP contribution in [0.4, 0.5) is 0 Å². The average molecular weight is 284 g/mol. The summed E-state index contributed by atoms with van der Waals surface area (Å²) in [5.41, 5.74) is 1.23. The summed E-state index contributed by atoms with van der Waals surface area (Å²) in [5.74, 6) is 0. The van der Waals surface area contributed by atoms with E-state index in [1.807, 2.05) is 12.4 Å². The minimum Gasteiger partial charge on any atom is -0.311 e. The van der Waals surface area contributed by atoms with Gasteiger partial charge in [0.2, 0.25) is 0 Å². The highest BCUT2D eigenvalue weighted by molar-refractivity contribution is 9.10. The summed E-state index contributed by atoms with van der Waals surface area (Å²) >= 11 is 3.43. The van der Waals surface area contributed by atoms with Crippen LogP contribution in [0.5, 0.6) is 0 Å². The lowest BCUT2D eigenvalue weighted by atomic mass is 10.2. The van der Waals surface area contributed by atoms with E-state index < -0.39 is 0 Å². The van der Waals surface area contributed by atoms with Crippen LogP contribution in [-0.2, 0) is 6.54 Å². The van der Waals surface area contributed by atoms with Crippen LogP contribution in [0.25, 0.3) is 0 Å². The van der Waals surface area contributed by atoms with Gasteiger partial charge in [0.05, 0.1) is 0 Å². The molecule has 1 aromatic rings. The van der Waals surface area contributed by atoms with Crippen LogP contribution in [0, 0.1) is 0 Å². The number of nitrogens with one attached hydrogen (secondary N) is 1. The van der Waals surface area contributed by atoms with Crippen molar-refractivity contribution in [2.45, 2.75) is 25.4 Å². The van der Waals surface area contributed by atoms with Gasteiger partial charge in [-0.2, -0.15) is 0 Å². The van der Waals surface area contributed by atoms with E-state index in [1.54, 1.807) is 0 Å². The fraction of sp³-hybridized carbons (Fsp3) is 0.583. The number of hydrogen-bond acceptors (Lipinski definition) is 3. The van der Waals surface area contributed by atoms with Crippen LogP contribution in [0.3, 0.4) is 0 Å². The van der Waals surface area contributed by atoms with Crippen LogP contribution in [0.2, 0.25) is 0 Å². The van der Waals surface area contributed by atoms with Gasteiger partial charge in [0.15, 0.2) is 0 Å². The van der Waals surface area contributed by atoms with Gasteiger partial charge in [0.25, 0.3) is 0 Å². The highest BCUT2D eigenvalue weighted by Crippen LogP contribution is 2.14. The van der Waals surface area contributed by atoms with Crippen LogP contribution >= 0.6 is 15.9 Å². The van der Waals surface area contributed by atoms with E-state index in [1.165, 1.54) is 24.9 Å². The molecular formula is C12H18BrN3. The second-order valence-corrected chi connectivity index (χ2v) is 5.33. The zero-order chi connectivity index (χ0) is 11.4. The summed E-state index contributed by atoms with van der Waals surface area (Å²) in [5, 5.41) is 3.50. The zero-order valence-corrected chi connectivity index (χ0v) is 11.2. The minimum atomic E-state index is 0.708. The molecule has 1 N–H and O–H groups in total. The van der Waals surface area contributed by atoms with Crippen molar-refractivity contribution < 1.29 is 0 Å². The molecule has 3 nitrogen and oxygen atoms in total. The van der Waals surface area contributed by atoms with E-state index in [9.17, 15) is 0 Å². The molecule has 4 heteroatoms. The Hall–Kier alpha value is -0.450. The molecule has 0 saturated carbocycles. The predicted molar refractivity (Wildman–Crippen MR) is 69.3 cm³/mol. The number of aromatic nitrogens is 1. The Kier molecular flexibility index (Phi) is 4.32. The molecule has 0 spiro atoms. The van der Waals surface area contributed by atoms with Crippen molar-refractivity contribution in [1.82, 2.24) is 15.2 Å². The minimum absolute atomic E-state index is 0.708. The molecule has 16 heavy (non-hydrogen) atoms. The summed E-state index contributed by atoms with van der Waals surface area (Å²) in [6.07, 6.45) is 6.38. The lowest BCUT2D eigenvalue weighted by Gasteiger charge is -2.19. The number of hydrogen-bond donors (Lipinski definition) is 1. The van der Waals surface area contributed by atoms with Crippen LogP contribution in [-0.4, -0.2) is 36.1 Å². The van der Waals surface area contributed by atoms with E-state index in [2.05, 4.69) is 44.2 Å². The number of rotatable bonds is 4. The topological polar surface area (TPSA) is 28.2 Å². The highest BCUT2D eigenvalue weighted by Gasteiger charge is 2.19. The summed E-state index contributed by atoms with van der Waals surface area (Å²) in [6, 6.07) is 2.82. The van der Waals surface area contributed by atoms with Gasteiger partial charge >= 0.3 is 0 Å². The third-order valence-electron chi connectivity index (χ3n) is 3.14. The van der Waals surface area contributed by atoms with Gasteiger partial charge in [-0.3, -0.25) is 4.98 Å². The summed E-state index contributed by atoms with van der Waals surface area (Å²) < 4.78 is 1.05. The third kappa shape index (κ3) is 3.27. The van der Waals surface area contributed by atoms with E-state index in [-0.39, 0.29) is 0 Å². The molecule has 0 bridgehead atoms. The third-order valence-corrected chi connectivity index (χ3v) is 3.58. The summed E-state index contributed by atoms with van der Waals surface area (Å²) in [6.45, 7) is 3.21. The van der Waals surface area contributed by atoms with E-state index in [4.69, 9.17) is 0 Å². The Morgan fingerprint density at radius 3 is 3.12 bits per heavy atom. The van der Waals surface area contributed by atoms with Gasteiger partial charge in [-0.25, -0.2) is 0 Å². The fourth-order valence-corrected chi connectivity index (χ4v) is 2.59. The quantitative estimate of drug-likeness (QED) is 0.917. The first kappa shape index (κ1) is 12.0.